The van der Waals surface area contributed by atoms with E-state index < -0.39 is 16.9 Å². The number of nitro groups is 1. The number of nitro benzene ring substituents is 1. The Morgan fingerprint density at radius 2 is 2.04 bits per heavy atom. The Hall–Kier alpha value is -2.48. The number of carbonyl (C=O) groups excluding carboxylic acids is 2. The molecule has 3 atom stereocenters. The molecule has 1 fully saturated rings. The molecule has 2 rings (SSSR count). The van der Waals surface area contributed by atoms with Crippen LogP contribution in [0.1, 0.15) is 51.1 Å². The van der Waals surface area contributed by atoms with Crippen molar-refractivity contribution in [1.29, 1.82) is 0 Å². The van der Waals surface area contributed by atoms with E-state index in [1.54, 1.807) is 32.0 Å². The second kappa shape index (κ2) is 8.75. The first-order valence-corrected chi connectivity index (χ1v) is 8.76. The Morgan fingerprint density at radius 1 is 1.35 bits per heavy atom. The summed E-state index contributed by atoms with van der Waals surface area (Å²) in [5, 5.41) is 14.1. The highest BCUT2D eigenvalue weighted by Gasteiger charge is 2.32. The molecule has 3 unspecified atom stereocenters. The van der Waals surface area contributed by atoms with E-state index in [0.717, 1.165) is 6.42 Å². The van der Waals surface area contributed by atoms with Crippen LogP contribution in [0.2, 0.25) is 0 Å². The Bertz CT molecular complexity index is 677. The maximum absolute atomic E-state index is 12.6. The fourth-order valence-corrected chi connectivity index (χ4v) is 3.21. The molecule has 1 amide bonds. The van der Waals surface area contributed by atoms with Crippen LogP contribution in [0, 0.1) is 16.0 Å². The molecular formula is C18H25N3O5. The van der Waals surface area contributed by atoms with Crippen molar-refractivity contribution in [2.45, 2.75) is 57.7 Å². The van der Waals surface area contributed by atoms with E-state index in [4.69, 9.17) is 10.5 Å². The van der Waals surface area contributed by atoms with Gasteiger partial charge in [0.25, 0.3) is 5.69 Å². The Balaban J connectivity index is 2.23. The molecule has 8 heteroatoms. The Labute approximate surface area is 152 Å². The Morgan fingerprint density at radius 3 is 2.62 bits per heavy atom. The van der Waals surface area contributed by atoms with Crippen LogP contribution in [0.15, 0.2) is 24.3 Å². The number of amides is 1. The average Bonchev–Trinajstić information content (AvgIpc) is 3.00. The predicted molar refractivity (Wildman–Crippen MR) is 95.1 cm³/mol. The van der Waals surface area contributed by atoms with Crippen molar-refractivity contribution in [1.82, 2.24) is 5.32 Å². The van der Waals surface area contributed by atoms with Crippen LogP contribution >= 0.6 is 0 Å². The van der Waals surface area contributed by atoms with Gasteiger partial charge in [-0.25, -0.2) is 0 Å². The van der Waals surface area contributed by atoms with Crippen LogP contribution in [0.4, 0.5) is 5.69 Å². The largest absolute Gasteiger partial charge is 0.463 e. The zero-order chi connectivity index (χ0) is 19.3. The van der Waals surface area contributed by atoms with E-state index in [1.807, 2.05) is 0 Å². The lowest BCUT2D eigenvalue weighted by molar-refractivity contribution is -0.385. The molecule has 1 aliphatic rings. The molecule has 0 radical (unpaired) electrons. The van der Waals surface area contributed by atoms with E-state index in [9.17, 15) is 19.7 Å². The van der Waals surface area contributed by atoms with Gasteiger partial charge in [-0.2, -0.15) is 0 Å². The molecule has 1 aliphatic carbocycles. The smallest absolute Gasteiger partial charge is 0.308 e. The number of rotatable bonds is 7. The van der Waals surface area contributed by atoms with Gasteiger partial charge >= 0.3 is 5.97 Å². The molecule has 0 saturated heterocycles. The van der Waals surface area contributed by atoms with Crippen molar-refractivity contribution in [2.75, 3.05) is 0 Å². The number of carbonyl (C=O) groups is 2. The first kappa shape index (κ1) is 19.8. The topological polar surface area (TPSA) is 125 Å². The molecule has 1 aromatic rings. The maximum atomic E-state index is 12.6. The van der Waals surface area contributed by atoms with Crippen molar-refractivity contribution >= 4 is 17.6 Å². The number of nitrogens with zero attached hydrogens (tertiary/aromatic N) is 1. The monoisotopic (exact) mass is 363 g/mol. The number of esters is 1. The third-order valence-electron chi connectivity index (χ3n) is 4.41. The van der Waals surface area contributed by atoms with Gasteiger partial charge in [0.15, 0.2) is 0 Å². The van der Waals surface area contributed by atoms with Gasteiger partial charge in [0.2, 0.25) is 5.91 Å². The lowest BCUT2D eigenvalue weighted by Gasteiger charge is -2.21. The summed E-state index contributed by atoms with van der Waals surface area (Å²) in [5.74, 6) is -0.999. The van der Waals surface area contributed by atoms with Gasteiger partial charge in [-0.05, 0) is 33.1 Å². The third-order valence-corrected chi connectivity index (χ3v) is 4.41. The summed E-state index contributed by atoms with van der Waals surface area (Å²) < 4.78 is 5.15. The summed E-state index contributed by atoms with van der Waals surface area (Å²) in [7, 11) is 0. The normalized spacial score (nSPS) is 20.6. The van der Waals surface area contributed by atoms with Gasteiger partial charge in [-0.15, -0.1) is 0 Å². The zero-order valence-electron chi connectivity index (χ0n) is 15.0. The summed E-state index contributed by atoms with van der Waals surface area (Å²) in [5.41, 5.74) is 6.01. The number of nitrogens with one attached hydrogen (secondary N) is 1. The number of para-hydroxylation sites is 1. The first-order valence-electron chi connectivity index (χ1n) is 8.76. The highest BCUT2D eigenvalue weighted by Crippen LogP contribution is 2.30. The van der Waals surface area contributed by atoms with Gasteiger partial charge in [0.1, 0.15) is 0 Å². The quantitative estimate of drug-likeness (QED) is 0.435. The Kier molecular flexibility index (Phi) is 6.68. The number of nitrogens with two attached hydrogens (primary N) is 1. The fraction of sp³-hybridized carbons (Fsp3) is 0.556. The van der Waals surface area contributed by atoms with Gasteiger partial charge in [-0.1, -0.05) is 18.2 Å². The predicted octanol–water partition coefficient (Wildman–Crippen LogP) is 2.22. The molecule has 0 aromatic heterocycles. The van der Waals surface area contributed by atoms with E-state index in [0.29, 0.717) is 12.8 Å². The number of benzene rings is 1. The lowest BCUT2D eigenvalue weighted by Crippen LogP contribution is -2.35. The minimum atomic E-state index is -0.827. The highest BCUT2D eigenvalue weighted by molar-refractivity contribution is 5.81. The van der Waals surface area contributed by atoms with Gasteiger partial charge in [0.05, 0.1) is 29.1 Å². The fourth-order valence-electron chi connectivity index (χ4n) is 3.21. The second-order valence-electron chi connectivity index (χ2n) is 6.89. The van der Waals surface area contributed by atoms with Crippen LogP contribution in [0.25, 0.3) is 0 Å². The highest BCUT2D eigenvalue weighted by atomic mass is 16.6. The van der Waals surface area contributed by atoms with Crippen LogP contribution < -0.4 is 11.1 Å². The van der Waals surface area contributed by atoms with Gasteiger partial charge in [0, 0.05) is 18.0 Å². The van der Waals surface area contributed by atoms with Crippen molar-refractivity contribution in [3.8, 4) is 0 Å². The molecule has 1 aromatic carbocycles. The van der Waals surface area contributed by atoms with Crippen LogP contribution in [0.5, 0.6) is 0 Å². The summed E-state index contributed by atoms with van der Waals surface area (Å²) in [6.45, 7) is 3.44. The van der Waals surface area contributed by atoms with E-state index in [1.165, 1.54) is 6.07 Å². The number of hydrogen-bond donors (Lipinski definition) is 2. The average molecular weight is 363 g/mol. The maximum Gasteiger partial charge on any atom is 0.308 e. The molecule has 0 bridgehead atoms. The summed E-state index contributed by atoms with van der Waals surface area (Å²) in [6, 6.07) is 5.25. The van der Waals surface area contributed by atoms with Crippen LogP contribution in [0.3, 0.4) is 0 Å². The van der Waals surface area contributed by atoms with E-state index in [2.05, 4.69) is 5.32 Å². The second-order valence-corrected chi connectivity index (χ2v) is 6.89. The standard InChI is InChI=1S/C18H25N3O5/c1-11(2)26-17(22)10-15(14-5-3-4-6-16(14)21(24)25)20-18(23)12-7-8-13(19)9-12/h3-6,11-13,15H,7-10,19H2,1-2H3,(H,20,23). The molecule has 1 saturated carbocycles. The van der Waals surface area contributed by atoms with E-state index in [-0.39, 0.29) is 41.6 Å². The molecule has 0 heterocycles. The third kappa shape index (κ3) is 5.26. The number of ether oxygens (including phenoxy) is 1. The minimum Gasteiger partial charge on any atom is -0.463 e. The van der Waals surface area contributed by atoms with E-state index >= 15 is 0 Å². The summed E-state index contributed by atoms with van der Waals surface area (Å²) in [4.78, 5) is 35.5. The van der Waals surface area contributed by atoms with Crippen LogP contribution in [-0.2, 0) is 14.3 Å². The van der Waals surface area contributed by atoms with Crippen molar-refractivity contribution in [3.05, 3.63) is 39.9 Å². The molecule has 142 valence electrons. The molecule has 0 aliphatic heterocycles. The molecule has 26 heavy (non-hydrogen) atoms. The molecule has 3 N–H and O–H groups in total. The molecule has 0 spiro atoms. The van der Waals surface area contributed by atoms with Crippen LogP contribution in [-0.4, -0.2) is 28.9 Å². The first-order chi connectivity index (χ1) is 12.3. The van der Waals surface area contributed by atoms with Crippen molar-refractivity contribution in [3.63, 3.8) is 0 Å². The summed E-state index contributed by atoms with van der Waals surface area (Å²) in [6.07, 6.45) is 1.54. The summed E-state index contributed by atoms with van der Waals surface area (Å²) >= 11 is 0. The SMILES string of the molecule is CC(C)OC(=O)CC(NC(=O)C1CCC(N)C1)c1ccccc1[N+](=O)[O-]. The minimum absolute atomic E-state index is 0.0128. The molecular weight excluding hydrogens is 338 g/mol. The van der Waals surface area contributed by atoms with Gasteiger partial charge in [-0.3, -0.25) is 19.7 Å². The van der Waals surface area contributed by atoms with Crippen molar-refractivity contribution < 1.29 is 19.2 Å². The van der Waals surface area contributed by atoms with Crippen molar-refractivity contribution in [2.24, 2.45) is 11.7 Å². The molecule has 8 nitrogen and oxygen atoms in total. The number of hydrogen-bond acceptors (Lipinski definition) is 6. The zero-order valence-corrected chi connectivity index (χ0v) is 15.0. The van der Waals surface area contributed by atoms with Gasteiger partial charge < -0.3 is 15.8 Å². The lowest BCUT2D eigenvalue weighted by atomic mass is 9.99.